The summed E-state index contributed by atoms with van der Waals surface area (Å²) in [4.78, 5) is 19.2. The zero-order valence-corrected chi connectivity index (χ0v) is 12.8. The summed E-state index contributed by atoms with van der Waals surface area (Å²) in [5.74, 6) is 1.27. The Morgan fingerprint density at radius 2 is 2.43 bits per heavy atom. The third-order valence-electron chi connectivity index (χ3n) is 3.76. The van der Waals surface area contributed by atoms with Crippen LogP contribution in [-0.4, -0.2) is 41.2 Å². The van der Waals surface area contributed by atoms with Crippen LogP contribution in [0.3, 0.4) is 0 Å². The molecule has 0 N–H and O–H groups in total. The number of carbonyl (C=O) groups is 1. The molecule has 0 aromatic carbocycles. The van der Waals surface area contributed by atoms with Crippen LogP contribution in [0.4, 0.5) is 0 Å². The summed E-state index contributed by atoms with van der Waals surface area (Å²) < 4.78 is 10.1. The van der Waals surface area contributed by atoms with Crippen LogP contribution in [0, 0.1) is 11.8 Å². The Morgan fingerprint density at radius 1 is 1.57 bits per heavy atom. The number of ether oxygens (including phenoxy) is 1. The second-order valence-corrected chi connectivity index (χ2v) is 6.24. The first-order chi connectivity index (χ1) is 10.2. The highest BCUT2D eigenvalue weighted by molar-refractivity contribution is 7.13. The normalized spacial score (nSPS) is 22.6. The number of hydrogen-bond acceptors (Lipinski definition) is 7. The molecule has 2 unspecified atom stereocenters. The predicted octanol–water partition coefficient (Wildman–Crippen LogP) is 2.04. The monoisotopic (exact) mass is 307 g/mol. The van der Waals surface area contributed by atoms with E-state index in [1.165, 1.54) is 7.11 Å². The van der Waals surface area contributed by atoms with Gasteiger partial charge in [0.1, 0.15) is 0 Å². The smallest absolute Gasteiger partial charge is 0.310 e. The number of hydrogen-bond donors (Lipinski definition) is 0. The zero-order valence-electron chi connectivity index (χ0n) is 12.0. The van der Waals surface area contributed by atoms with E-state index in [0.29, 0.717) is 24.8 Å². The summed E-state index contributed by atoms with van der Waals surface area (Å²) in [6, 6.07) is 3.90. The van der Waals surface area contributed by atoms with E-state index in [1.54, 1.807) is 11.3 Å². The van der Waals surface area contributed by atoms with E-state index >= 15 is 0 Å². The minimum atomic E-state index is -0.141. The number of rotatable bonds is 4. The molecule has 3 rings (SSSR count). The van der Waals surface area contributed by atoms with E-state index in [0.717, 1.165) is 11.4 Å². The maximum Gasteiger partial charge on any atom is 0.310 e. The topological polar surface area (TPSA) is 68.5 Å². The lowest BCUT2D eigenvalue weighted by Crippen LogP contribution is -2.24. The molecule has 0 amide bonds. The molecule has 1 saturated heterocycles. The Kier molecular flexibility index (Phi) is 4.03. The fourth-order valence-corrected chi connectivity index (χ4v) is 3.32. The van der Waals surface area contributed by atoms with E-state index in [2.05, 4.69) is 22.0 Å². The quantitative estimate of drug-likeness (QED) is 0.805. The fraction of sp³-hybridized carbons (Fsp3) is 0.500. The molecule has 112 valence electrons. The molecule has 1 fully saturated rings. The summed E-state index contributed by atoms with van der Waals surface area (Å²) >= 11 is 1.57. The van der Waals surface area contributed by atoms with Crippen LogP contribution >= 0.6 is 11.3 Å². The first-order valence-electron chi connectivity index (χ1n) is 6.84. The molecule has 0 spiro atoms. The molecular formula is C14H17N3O3S. The van der Waals surface area contributed by atoms with Crippen LogP contribution in [0.5, 0.6) is 0 Å². The Labute approximate surface area is 126 Å². The van der Waals surface area contributed by atoms with Crippen molar-refractivity contribution in [3.8, 4) is 10.8 Å². The summed E-state index contributed by atoms with van der Waals surface area (Å²) in [6.45, 7) is 4.17. The number of carbonyl (C=O) groups excluding carboxylic acids is 1. The van der Waals surface area contributed by atoms with Crippen LogP contribution in [0.25, 0.3) is 10.8 Å². The van der Waals surface area contributed by atoms with Crippen molar-refractivity contribution in [3.05, 3.63) is 23.3 Å². The van der Waals surface area contributed by atoms with Gasteiger partial charge in [0.25, 0.3) is 5.89 Å². The molecule has 6 nitrogen and oxygen atoms in total. The second kappa shape index (κ2) is 5.95. The van der Waals surface area contributed by atoms with E-state index in [-0.39, 0.29) is 17.8 Å². The fourth-order valence-electron chi connectivity index (χ4n) is 2.67. The highest BCUT2D eigenvalue weighted by Gasteiger charge is 2.35. The first-order valence-corrected chi connectivity index (χ1v) is 7.72. The average Bonchev–Trinajstić information content (AvgIpc) is 3.18. The van der Waals surface area contributed by atoms with Crippen molar-refractivity contribution in [1.29, 1.82) is 0 Å². The van der Waals surface area contributed by atoms with Crippen LogP contribution < -0.4 is 0 Å². The van der Waals surface area contributed by atoms with Gasteiger partial charge in [0.15, 0.2) is 5.82 Å². The number of nitrogens with zero attached hydrogens (tertiary/aromatic N) is 3. The lowest BCUT2D eigenvalue weighted by Gasteiger charge is -2.12. The van der Waals surface area contributed by atoms with E-state index in [9.17, 15) is 4.79 Å². The van der Waals surface area contributed by atoms with Gasteiger partial charge in [-0.25, -0.2) is 0 Å². The number of thiophene rings is 1. The third kappa shape index (κ3) is 2.98. The molecule has 7 heteroatoms. The molecule has 1 aliphatic heterocycles. The maximum absolute atomic E-state index is 11.7. The summed E-state index contributed by atoms with van der Waals surface area (Å²) in [5, 5.41) is 5.99. The van der Waals surface area contributed by atoms with Crippen molar-refractivity contribution in [2.75, 3.05) is 20.2 Å². The molecule has 3 heterocycles. The van der Waals surface area contributed by atoms with Crippen molar-refractivity contribution in [1.82, 2.24) is 15.0 Å². The van der Waals surface area contributed by atoms with Gasteiger partial charge in [0, 0.05) is 13.1 Å². The highest BCUT2D eigenvalue weighted by atomic mass is 32.1. The second-order valence-electron chi connectivity index (χ2n) is 5.29. The Hall–Kier alpha value is -1.73. The zero-order chi connectivity index (χ0) is 14.8. The van der Waals surface area contributed by atoms with Crippen molar-refractivity contribution in [3.63, 3.8) is 0 Å². The summed E-state index contributed by atoms with van der Waals surface area (Å²) in [7, 11) is 1.43. The third-order valence-corrected chi connectivity index (χ3v) is 4.61. The van der Waals surface area contributed by atoms with Crippen molar-refractivity contribution >= 4 is 17.3 Å². The van der Waals surface area contributed by atoms with Gasteiger partial charge >= 0.3 is 5.97 Å². The van der Waals surface area contributed by atoms with E-state index in [4.69, 9.17) is 9.26 Å². The predicted molar refractivity (Wildman–Crippen MR) is 77.6 cm³/mol. The van der Waals surface area contributed by atoms with Gasteiger partial charge in [-0.2, -0.15) is 4.98 Å². The van der Waals surface area contributed by atoms with Gasteiger partial charge in [-0.05, 0) is 17.4 Å². The maximum atomic E-state index is 11.7. The van der Waals surface area contributed by atoms with E-state index < -0.39 is 0 Å². The van der Waals surface area contributed by atoms with Crippen molar-refractivity contribution in [2.24, 2.45) is 11.8 Å². The number of likely N-dealkylation sites (tertiary alicyclic amines) is 1. The van der Waals surface area contributed by atoms with Crippen molar-refractivity contribution < 1.29 is 14.1 Å². The standard InChI is InChI=1S/C14H17N3O3S/c1-9-6-17(7-10(9)14(18)19-2)8-12-15-13(20-16-12)11-4-3-5-21-11/h3-5,9-10H,6-8H2,1-2H3. The van der Waals surface area contributed by atoms with Gasteiger partial charge in [-0.1, -0.05) is 18.1 Å². The molecule has 2 aromatic heterocycles. The van der Waals surface area contributed by atoms with Gasteiger partial charge in [0.05, 0.1) is 24.4 Å². The van der Waals surface area contributed by atoms with Crippen LogP contribution in [0.2, 0.25) is 0 Å². The summed E-state index contributed by atoms with van der Waals surface area (Å²) in [6.07, 6.45) is 0. The molecule has 2 atom stereocenters. The lowest BCUT2D eigenvalue weighted by molar-refractivity contribution is -0.146. The van der Waals surface area contributed by atoms with Crippen LogP contribution in [-0.2, 0) is 16.1 Å². The van der Waals surface area contributed by atoms with Gasteiger partial charge in [0.2, 0.25) is 0 Å². The minimum Gasteiger partial charge on any atom is -0.469 e. The summed E-state index contributed by atoms with van der Waals surface area (Å²) in [5.41, 5.74) is 0. The van der Waals surface area contributed by atoms with Gasteiger partial charge in [-0.3, -0.25) is 9.69 Å². The highest BCUT2D eigenvalue weighted by Crippen LogP contribution is 2.26. The van der Waals surface area contributed by atoms with Crippen LogP contribution in [0.1, 0.15) is 12.7 Å². The molecule has 0 aliphatic carbocycles. The number of esters is 1. The molecule has 2 aromatic rings. The SMILES string of the molecule is COC(=O)C1CN(Cc2noc(-c3cccs3)n2)CC1C. The Balaban J connectivity index is 1.64. The molecule has 21 heavy (non-hydrogen) atoms. The molecular weight excluding hydrogens is 290 g/mol. The van der Waals surface area contributed by atoms with Crippen LogP contribution in [0.15, 0.2) is 22.0 Å². The molecule has 1 aliphatic rings. The Bertz CT molecular complexity index is 611. The van der Waals surface area contributed by atoms with Gasteiger partial charge < -0.3 is 9.26 Å². The largest absolute Gasteiger partial charge is 0.469 e. The number of methoxy groups -OCH3 is 1. The average molecular weight is 307 g/mol. The van der Waals surface area contributed by atoms with Crippen molar-refractivity contribution in [2.45, 2.75) is 13.5 Å². The minimum absolute atomic E-state index is 0.0707. The number of aromatic nitrogens is 2. The lowest BCUT2D eigenvalue weighted by atomic mass is 9.99. The Morgan fingerprint density at radius 3 is 3.14 bits per heavy atom. The van der Waals surface area contributed by atoms with E-state index in [1.807, 2.05) is 17.5 Å². The first kappa shape index (κ1) is 14.2. The van der Waals surface area contributed by atoms with Gasteiger partial charge in [-0.15, -0.1) is 11.3 Å². The molecule has 0 saturated carbocycles. The molecule has 0 radical (unpaired) electrons. The molecule has 0 bridgehead atoms.